The van der Waals surface area contributed by atoms with Gasteiger partial charge in [-0.3, -0.25) is 4.79 Å². The molecule has 0 bridgehead atoms. The first-order valence-corrected chi connectivity index (χ1v) is 5.22. The quantitative estimate of drug-likeness (QED) is 0.824. The Balaban J connectivity index is 2.12. The smallest absolute Gasteiger partial charge is 0.266 e. The molecule has 0 radical (unpaired) electrons. The van der Waals surface area contributed by atoms with Crippen molar-refractivity contribution in [3.8, 4) is 0 Å². The maximum absolute atomic E-state index is 11.2. The first-order chi connectivity index (χ1) is 7.27. The summed E-state index contributed by atoms with van der Waals surface area (Å²) in [5.74, 6) is 1.23. The molecule has 6 nitrogen and oxygen atoms in total. The summed E-state index contributed by atoms with van der Waals surface area (Å²) in [5.41, 5.74) is -0.161. The van der Waals surface area contributed by atoms with E-state index < -0.39 is 0 Å². The molecule has 0 aliphatic rings. The van der Waals surface area contributed by atoms with Crippen molar-refractivity contribution in [3.05, 3.63) is 38.3 Å². The fourth-order valence-corrected chi connectivity index (χ4v) is 1.50. The van der Waals surface area contributed by atoms with E-state index in [1.165, 1.54) is 6.33 Å². The molecule has 2 N–H and O–H groups in total. The second-order valence-electron chi connectivity index (χ2n) is 2.73. The van der Waals surface area contributed by atoms with Crippen molar-refractivity contribution in [2.24, 2.45) is 0 Å². The van der Waals surface area contributed by atoms with Crippen molar-refractivity contribution in [3.63, 3.8) is 0 Å². The molecule has 7 heteroatoms. The van der Waals surface area contributed by atoms with Crippen LogP contribution in [-0.2, 0) is 6.54 Å². The van der Waals surface area contributed by atoms with Gasteiger partial charge in [-0.05, 0) is 22.6 Å². The Morgan fingerprint density at radius 1 is 1.60 bits per heavy atom. The van der Waals surface area contributed by atoms with Crippen molar-refractivity contribution in [1.29, 1.82) is 0 Å². The van der Waals surface area contributed by atoms with Crippen LogP contribution < -0.4 is 10.9 Å². The molecule has 0 aliphatic heterocycles. The number of H-pyrrole nitrogens is 1. The van der Waals surface area contributed by atoms with E-state index in [-0.39, 0.29) is 5.56 Å². The lowest BCUT2D eigenvalue weighted by molar-refractivity contribution is 0.388. The third-order valence-corrected chi connectivity index (χ3v) is 2.72. The predicted octanol–water partition coefficient (Wildman–Crippen LogP) is 0.975. The molecule has 0 saturated carbocycles. The average Bonchev–Trinajstić information content (AvgIpc) is 2.73. The lowest BCUT2D eigenvalue weighted by Gasteiger charge is -2.03. The largest absolute Gasteiger partial charge is 0.362 e. The maximum Gasteiger partial charge on any atom is 0.266 e. The minimum atomic E-state index is -0.161. The molecule has 0 saturated heterocycles. The molecular formula is C8H7IN4O2. The van der Waals surface area contributed by atoms with E-state index in [1.54, 1.807) is 12.3 Å². The number of nitrogens with zero attached hydrogens (tertiary/aromatic N) is 2. The summed E-state index contributed by atoms with van der Waals surface area (Å²) < 4.78 is 5.42. The van der Waals surface area contributed by atoms with Gasteiger partial charge in [0.15, 0.2) is 5.76 Å². The van der Waals surface area contributed by atoms with Crippen molar-refractivity contribution < 1.29 is 4.52 Å². The van der Waals surface area contributed by atoms with Gasteiger partial charge in [-0.15, -0.1) is 0 Å². The van der Waals surface area contributed by atoms with E-state index in [2.05, 4.69) is 20.4 Å². The summed E-state index contributed by atoms with van der Waals surface area (Å²) in [5, 5.41) is 6.55. The third-order valence-electron chi connectivity index (χ3n) is 1.72. The van der Waals surface area contributed by atoms with Crippen LogP contribution in [0.2, 0.25) is 0 Å². The number of aromatic nitrogens is 3. The monoisotopic (exact) mass is 318 g/mol. The molecule has 0 spiro atoms. The van der Waals surface area contributed by atoms with Gasteiger partial charge in [0.1, 0.15) is 9.39 Å². The molecule has 0 aromatic carbocycles. The SMILES string of the molecule is O=c1[nH]cnc(NCc2ccno2)c1I. The molecule has 78 valence electrons. The molecule has 2 rings (SSSR count). The van der Waals surface area contributed by atoms with E-state index in [1.807, 2.05) is 22.6 Å². The number of anilines is 1. The Labute approximate surface area is 98.2 Å². The van der Waals surface area contributed by atoms with Crippen LogP contribution in [0.1, 0.15) is 5.76 Å². The zero-order valence-electron chi connectivity index (χ0n) is 7.53. The van der Waals surface area contributed by atoms with Crippen LogP contribution in [0.4, 0.5) is 5.82 Å². The van der Waals surface area contributed by atoms with Crippen molar-refractivity contribution in [1.82, 2.24) is 15.1 Å². The second kappa shape index (κ2) is 4.43. The topological polar surface area (TPSA) is 83.8 Å². The highest BCUT2D eigenvalue weighted by Gasteiger charge is 2.05. The van der Waals surface area contributed by atoms with Crippen molar-refractivity contribution in [2.45, 2.75) is 6.54 Å². The van der Waals surface area contributed by atoms with Crippen LogP contribution in [0.25, 0.3) is 0 Å². The molecular weight excluding hydrogens is 311 g/mol. The van der Waals surface area contributed by atoms with Gasteiger partial charge >= 0.3 is 0 Å². The van der Waals surface area contributed by atoms with Crippen LogP contribution >= 0.6 is 22.6 Å². The maximum atomic E-state index is 11.2. The number of nitrogens with one attached hydrogen (secondary N) is 2. The standard InChI is InChI=1S/C8H7IN4O2/c9-6-7(11-4-12-8(6)14)10-3-5-1-2-13-15-5/h1-2,4H,3H2,(H2,10,11,12,14). The van der Waals surface area contributed by atoms with Crippen LogP contribution in [0.3, 0.4) is 0 Å². The first kappa shape index (κ1) is 10.1. The molecule has 2 heterocycles. The van der Waals surface area contributed by atoms with Gasteiger partial charge in [0, 0.05) is 6.07 Å². The highest BCUT2D eigenvalue weighted by Crippen LogP contribution is 2.10. The first-order valence-electron chi connectivity index (χ1n) is 4.14. The molecule has 0 amide bonds. The highest BCUT2D eigenvalue weighted by molar-refractivity contribution is 14.1. The van der Waals surface area contributed by atoms with Crippen LogP contribution in [0.5, 0.6) is 0 Å². The molecule has 15 heavy (non-hydrogen) atoms. The van der Waals surface area contributed by atoms with Gasteiger partial charge in [0.2, 0.25) is 0 Å². The summed E-state index contributed by atoms with van der Waals surface area (Å²) in [6, 6.07) is 1.74. The van der Waals surface area contributed by atoms with Gasteiger partial charge in [-0.25, -0.2) is 4.98 Å². The van der Waals surface area contributed by atoms with Crippen LogP contribution in [-0.4, -0.2) is 15.1 Å². The Morgan fingerprint density at radius 2 is 2.47 bits per heavy atom. The predicted molar refractivity (Wildman–Crippen MR) is 61.4 cm³/mol. The molecule has 2 aromatic heterocycles. The summed E-state index contributed by atoms with van der Waals surface area (Å²) >= 11 is 1.93. The lowest BCUT2D eigenvalue weighted by Crippen LogP contribution is -2.14. The highest BCUT2D eigenvalue weighted by atomic mass is 127. The number of hydrogen-bond acceptors (Lipinski definition) is 5. The van der Waals surface area contributed by atoms with Gasteiger partial charge < -0.3 is 14.8 Å². The average molecular weight is 318 g/mol. The van der Waals surface area contributed by atoms with Crippen molar-refractivity contribution in [2.75, 3.05) is 5.32 Å². The summed E-state index contributed by atoms with van der Waals surface area (Å²) in [6.45, 7) is 0.451. The van der Waals surface area contributed by atoms with Gasteiger partial charge in [0.25, 0.3) is 5.56 Å². The van der Waals surface area contributed by atoms with Gasteiger partial charge in [0.05, 0.1) is 19.1 Å². The molecule has 0 fully saturated rings. The summed E-state index contributed by atoms with van der Waals surface area (Å²) in [7, 11) is 0. The van der Waals surface area contributed by atoms with Crippen LogP contribution in [0, 0.1) is 3.57 Å². The minimum absolute atomic E-state index is 0.161. The van der Waals surface area contributed by atoms with E-state index in [0.717, 1.165) is 0 Å². The van der Waals surface area contributed by atoms with E-state index in [0.29, 0.717) is 21.7 Å². The van der Waals surface area contributed by atoms with E-state index >= 15 is 0 Å². The Hall–Kier alpha value is -1.38. The zero-order chi connectivity index (χ0) is 10.7. The minimum Gasteiger partial charge on any atom is -0.362 e. The van der Waals surface area contributed by atoms with Crippen molar-refractivity contribution >= 4 is 28.4 Å². The fraction of sp³-hybridized carbons (Fsp3) is 0.125. The Bertz CT molecular complexity index is 494. The van der Waals surface area contributed by atoms with E-state index in [4.69, 9.17) is 4.52 Å². The number of halogens is 1. The van der Waals surface area contributed by atoms with Gasteiger partial charge in [-0.2, -0.15) is 0 Å². The second-order valence-corrected chi connectivity index (χ2v) is 3.81. The Morgan fingerprint density at radius 3 is 3.20 bits per heavy atom. The fourth-order valence-electron chi connectivity index (χ4n) is 1.01. The molecule has 0 atom stereocenters. The molecule has 2 aromatic rings. The van der Waals surface area contributed by atoms with E-state index in [9.17, 15) is 4.79 Å². The summed E-state index contributed by atoms with van der Waals surface area (Å²) in [6.07, 6.45) is 2.92. The van der Waals surface area contributed by atoms with Gasteiger partial charge in [-0.1, -0.05) is 5.16 Å². The number of rotatable bonds is 3. The number of hydrogen-bond donors (Lipinski definition) is 2. The number of aromatic amines is 1. The summed E-state index contributed by atoms with van der Waals surface area (Å²) in [4.78, 5) is 17.7. The lowest BCUT2D eigenvalue weighted by atomic mass is 10.4. The molecule has 0 unspecified atom stereocenters. The normalized spacial score (nSPS) is 10.2. The Kier molecular flexibility index (Phi) is 2.99. The van der Waals surface area contributed by atoms with Crippen LogP contribution in [0.15, 0.2) is 27.9 Å². The molecule has 0 aliphatic carbocycles. The zero-order valence-corrected chi connectivity index (χ0v) is 9.69. The third kappa shape index (κ3) is 2.35.